The molecule has 4 rings (SSSR count). The molecule has 1 aromatic carbocycles. The molecule has 0 bridgehead atoms. The molecule has 3 aromatic rings. The van der Waals surface area contributed by atoms with Crippen molar-refractivity contribution in [1.29, 1.82) is 0 Å². The summed E-state index contributed by atoms with van der Waals surface area (Å²) in [6.07, 6.45) is 1.75. The predicted molar refractivity (Wildman–Crippen MR) is 99.0 cm³/mol. The number of rotatable bonds is 2. The van der Waals surface area contributed by atoms with Crippen LogP contribution in [0.3, 0.4) is 0 Å². The summed E-state index contributed by atoms with van der Waals surface area (Å²) in [5, 5.41) is 7.92. The monoisotopic (exact) mass is 352 g/mol. The van der Waals surface area contributed by atoms with Crippen molar-refractivity contribution in [2.75, 3.05) is 31.1 Å². The standard InChI is InChI=1S/C18H20N6O2/c1-12(25)23-5-7-24(8-6-23)17-10-16(20-18(26)22(17)2)13-3-4-15-14(9-13)11-19-21-15/h3-4,9-11H,5-8H2,1-2H3,(H,19,21). The minimum atomic E-state index is -0.293. The first-order chi connectivity index (χ1) is 12.5. The van der Waals surface area contributed by atoms with Crippen molar-refractivity contribution in [3.05, 3.63) is 40.9 Å². The molecule has 0 unspecified atom stereocenters. The van der Waals surface area contributed by atoms with Crippen molar-refractivity contribution in [3.63, 3.8) is 0 Å². The van der Waals surface area contributed by atoms with Crippen LogP contribution in [-0.2, 0) is 11.8 Å². The van der Waals surface area contributed by atoms with Crippen molar-refractivity contribution in [2.24, 2.45) is 7.05 Å². The van der Waals surface area contributed by atoms with E-state index in [4.69, 9.17) is 0 Å². The summed E-state index contributed by atoms with van der Waals surface area (Å²) in [7, 11) is 1.73. The third kappa shape index (κ3) is 2.83. The van der Waals surface area contributed by atoms with Gasteiger partial charge in [-0.15, -0.1) is 0 Å². The lowest BCUT2D eigenvalue weighted by atomic mass is 10.1. The van der Waals surface area contributed by atoms with E-state index >= 15 is 0 Å². The second-order valence-electron chi connectivity index (χ2n) is 6.51. The number of fused-ring (bicyclic) bond motifs is 1. The molecule has 26 heavy (non-hydrogen) atoms. The van der Waals surface area contributed by atoms with Crippen LogP contribution in [0.15, 0.2) is 35.3 Å². The maximum Gasteiger partial charge on any atom is 0.349 e. The zero-order valence-electron chi connectivity index (χ0n) is 14.8. The van der Waals surface area contributed by atoms with Gasteiger partial charge in [0.2, 0.25) is 5.91 Å². The van der Waals surface area contributed by atoms with Gasteiger partial charge in [0.25, 0.3) is 0 Å². The normalized spacial score (nSPS) is 14.8. The maximum absolute atomic E-state index is 12.4. The molecule has 1 fully saturated rings. The van der Waals surface area contributed by atoms with Crippen molar-refractivity contribution < 1.29 is 4.79 Å². The van der Waals surface area contributed by atoms with E-state index in [2.05, 4.69) is 20.1 Å². The topological polar surface area (TPSA) is 87.1 Å². The Kier molecular flexibility index (Phi) is 3.95. The number of piperazine rings is 1. The molecule has 1 amide bonds. The Hall–Kier alpha value is -3.16. The van der Waals surface area contributed by atoms with Gasteiger partial charge in [0, 0.05) is 57.2 Å². The van der Waals surface area contributed by atoms with Crippen LogP contribution in [0.2, 0.25) is 0 Å². The molecule has 0 spiro atoms. The van der Waals surface area contributed by atoms with Gasteiger partial charge in [-0.3, -0.25) is 14.5 Å². The van der Waals surface area contributed by atoms with E-state index in [-0.39, 0.29) is 11.6 Å². The van der Waals surface area contributed by atoms with Gasteiger partial charge in [-0.1, -0.05) is 6.07 Å². The summed E-state index contributed by atoms with van der Waals surface area (Å²) < 4.78 is 1.56. The molecule has 8 heteroatoms. The highest BCUT2D eigenvalue weighted by Gasteiger charge is 2.21. The Balaban J connectivity index is 1.70. The summed E-state index contributed by atoms with van der Waals surface area (Å²) in [6.45, 7) is 4.28. The fourth-order valence-electron chi connectivity index (χ4n) is 3.33. The Bertz CT molecular complexity index is 1030. The van der Waals surface area contributed by atoms with Gasteiger partial charge in [-0.2, -0.15) is 10.1 Å². The highest BCUT2D eigenvalue weighted by molar-refractivity contribution is 5.83. The zero-order chi connectivity index (χ0) is 18.3. The molecular formula is C18H20N6O2. The van der Waals surface area contributed by atoms with Crippen LogP contribution in [0, 0.1) is 0 Å². The molecule has 0 aliphatic carbocycles. The maximum atomic E-state index is 12.4. The van der Waals surface area contributed by atoms with Crippen LogP contribution in [0.5, 0.6) is 0 Å². The molecule has 0 saturated carbocycles. The summed E-state index contributed by atoms with van der Waals surface area (Å²) in [6, 6.07) is 7.77. The average molecular weight is 352 g/mol. The number of aromatic nitrogens is 4. The molecule has 8 nitrogen and oxygen atoms in total. The van der Waals surface area contributed by atoms with Gasteiger partial charge in [-0.25, -0.2) is 4.79 Å². The van der Waals surface area contributed by atoms with Crippen molar-refractivity contribution in [2.45, 2.75) is 6.92 Å². The lowest BCUT2D eigenvalue weighted by Gasteiger charge is -2.36. The van der Waals surface area contributed by atoms with Gasteiger partial charge in [0.1, 0.15) is 5.82 Å². The van der Waals surface area contributed by atoms with Crippen LogP contribution < -0.4 is 10.6 Å². The van der Waals surface area contributed by atoms with Crippen molar-refractivity contribution in [3.8, 4) is 11.3 Å². The van der Waals surface area contributed by atoms with E-state index in [1.807, 2.05) is 29.2 Å². The summed E-state index contributed by atoms with van der Waals surface area (Å²) in [5.41, 5.74) is 2.16. The molecule has 1 aliphatic heterocycles. The first kappa shape index (κ1) is 16.3. The lowest BCUT2D eigenvalue weighted by Crippen LogP contribution is -2.49. The van der Waals surface area contributed by atoms with Crippen molar-refractivity contribution >= 4 is 22.6 Å². The summed E-state index contributed by atoms with van der Waals surface area (Å²) >= 11 is 0. The van der Waals surface area contributed by atoms with E-state index in [0.29, 0.717) is 31.9 Å². The predicted octanol–water partition coefficient (Wildman–Crippen LogP) is 0.992. The van der Waals surface area contributed by atoms with Gasteiger partial charge >= 0.3 is 5.69 Å². The first-order valence-electron chi connectivity index (χ1n) is 8.55. The number of hydrogen-bond donors (Lipinski definition) is 1. The zero-order valence-corrected chi connectivity index (χ0v) is 14.8. The van der Waals surface area contributed by atoms with E-state index in [1.54, 1.807) is 24.7 Å². The average Bonchev–Trinajstić information content (AvgIpc) is 3.11. The van der Waals surface area contributed by atoms with E-state index in [1.165, 1.54) is 0 Å². The van der Waals surface area contributed by atoms with Crippen LogP contribution in [-0.4, -0.2) is 56.7 Å². The SMILES string of the molecule is CC(=O)N1CCN(c2cc(-c3ccc4[nH]ncc4c3)nc(=O)n2C)CC1. The van der Waals surface area contributed by atoms with E-state index in [0.717, 1.165) is 22.3 Å². The number of benzene rings is 1. The number of carbonyl (C=O) groups is 1. The molecule has 1 aliphatic rings. The van der Waals surface area contributed by atoms with Crippen LogP contribution in [0.1, 0.15) is 6.92 Å². The molecule has 134 valence electrons. The Morgan fingerprint density at radius 2 is 1.92 bits per heavy atom. The molecule has 0 radical (unpaired) electrons. The number of hydrogen-bond acceptors (Lipinski definition) is 5. The van der Waals surface area contributed by atoms with Crippen LogP contribution in [0.4, 0.5) is 5.82 Å². The van der Waals surface area contributed by atoms with E-state index in [9.17, 15) is 9.59 Å². The number of carbonyl (C=O) groups excluding carboxylic acids is 1. The highest BCUT2D eigenvalue weighted by Crippen LogP contribution is 2.24. The first-order valence-corrected chi connectivity index (χ1v) is 8.55. The fourth-order valence-corrected chi connectivity index (χ4v) is 3.33. The summed E-state index contributed by atoms with van der Waals surface area (Å²) in [5.74, 6) is 0.901. The number of H-pyrrole nitrogens is 1. The van der Waals surface area contributed by atoms with Crippen LogP contribution >= 0.6 is 0 Å². The van der Waals surface area contributed by atoms with E-state index < -0.39 is 0 Å². The fraction of sp³-hybridized carbons (Fsp3) is 0.333. The highest BCUT2D eigenvalue weighted by atomic mass is 16.2. The quantitative estimate of drug-likeness (QED) is 0.743. The van der Waals surface area contributed by atoms with Gasteiger partial charge in [0.15, 0.2) is 0 Å². The molecular weight excluding hydrogens is 332 g/mol. The molecule has 3 heterocycles. The second-order valence-corrected chi connectivity index (χ2v) is 6.51. The van der Waals surface area contributed by atoms with Gasteiger partial charge < -0.3 is 9.80 Å². The minimum Gasteiger partial charge on any atom is -0.354 e. The minimum absolute atomic E-state index is 0.0855. The molecule has 2 aromatic heterocycles. The smallest absolute Gasteiger partial charge is 0.349 e. The summed E-state index contributed by atoms with van der Waals surface area (Å²) in [4.78, 5) is 32.1. The molecule has 0 atom stereocenters. The third-order valence-electron chi connectivity index (χ3n) is 4.90. The molecule has 1 saturated heterocycles. The Labute approximate surface area is 150 Å². The van der Waals surface area contributed by atoms with Gasteiger partial charge in [-0.05, 0) is 12.1 Å². The molecule has 1 N–H and O–H groups in total. The van der Waals surface area contributed by atoms with Crippen molar-refractivity contribution in [1.82, 2.24) is 24.6 Å². The lowest BCUT2D eigenvalue weighted by molar-refractivity contribution is -0.129. The largest absolute Gasteiger partial charge is 0.354 e. The number of nitrogens with one attached hydrogen (secondary N) is 1. The Morgan fingerprint density at radius 1 is 1.15 bits per heavy atom. The number of nitrogens with zero attached hydrogens (tertiary/aromatic N) is 5. The number of anilines is 1. The number of aromatic amines is 1. The Morgan fingerprint density at radius 3 is 2.65 bits per heavy atom. The van der Waals surface area contributed by atoms with Gasteiger partial charge in [0.05, 0.1) is 17.4 Å². The number of amides is 1. The van der Waals surface area contributed by atoms with Crippen LogP contribution in [0.25, 0.3) is 22.2 Å². The third-order valence-corrected chi connectivity index (χ3v) is 4.90. The second kappa shape index (κ2) is 6.29.